The van der Waals surface area contributed by atoms with Crippen molar-refractivity contribution in [3.63, 3.8) is 0 Å². The van der Waals surface area contributed by atoms with Crippen LogP contribution in [0.3, 0.4) is 0 Å². The molecule has 3 nitrogen and oxygen atoms in total. The summed E-state index contributed by atoms with van der Waals surface area (Å²) in [6.45, 7) is 5.80. The Kier molecular flexibility index (Phi) is 4.39. The second-order valence-electron chi connectivity index (χ2n) is 4.61. The minimum atomic E-state index is -0.338. The molecular formula is C11H21NO2. The molecule has 14 heavy (non-hydrogen) atoms. The number of likely N-dealkylation sites (tertiary alicyclic amines) is 1. The number of carbonyl (C=O) groups excluding carboxylic acids is 1. The quantitative estimate of drug-likeness (QED) is 0.743. The maximum Gasteiger partial charge on any atom is 0.248 e. The van der Waals surface area contributed by atoms with Gasteiger partial charge in [-0.1, -0.05) is 13.8 Å². The first kappa shape index (κ1) is 11.5. The van der Waals surface area contributed by atoms with Crippen LogP contribution in [0.15, 0.2) is 0 Å². The lowest BCUT2D eigenvalue weighted by Crippen LogP contribution is -2.40. The van der Waals surface area contributed by atoms with Gasteiger partial charge in [-0.05, 0) is 31.1 Å². The van der Waals surface area contributed by atoms with Crippen molar-refractivity contribution in [1.29, 1.82) is 0 Å². The lowest BCUT2D eigenvalue weighted by molar-refractivity contribution is -0.135. The first-order chi connectivity index (χ1) is 6.63. The molecule has 0 aromatic heterocycles. The van der Waals surface area contributed by atoms with E-state index in [0.717, 1.165) is 37.8 Å². The fraction of sp³-hybridized carbons (Fsp3) is 0.909. The molecular weight excluding hydrogens is 178 g/mol. The summed E-state index contributed by atoms with van der Waals surface area (Å²) in [5, 5.41) is 8.71. The van der Waals surface area contributed by atoms with E-state index in [1.807, 2.05) is 0 Å². The molecule has 82 valence electrons. The molecule has 1 aliphatic heterocycles. The Bertz CT molecular complexity index is 184. The molecule has 0 aromatic rings. The number of aliphatic hydroxyl groups excluding tert-OH is 1. The lowest BCUT2D eigenvalue weighted by Gasteiger charge is -2.32. The van der Waals surface area contributed by atoms with Gasteiger partial charge in [0.25, 0.3) is 0 Å². The van der Waals surface area contributed by atoms with E-state index >= 15 is 0 Å². The zero-order valence-corrected chi connectivity index (χ0v) is 9.20. The van der Waals surface area contributed by atoms with Crippen LogP contribution in [0.25, 0.3) is 0 Å². The third-order valence-electron chi connectivity index (χ3n) is 2.91. The minimum Gasteiger partial charge on any atom is -0.387 e. The molecule has 1 fully saturated rings. The SMILES string of the molecule is CC(C)CC1CCN(C(=O)CO)CC1. The van der Waals surface area contributed by atoms with Gasteiger partial charge >= 0.3 is 0 Å². The summed E-state index contributed by atoms with van der Waals surface area (Å²) < 4.78 is 0. The van der Waals surface area contributed by atoms with Gasteiger partial charge in [0.05, 0.1) is 0 Å². The normalized spacial score (nSPS) is 19.0. The maximum atomic E-state index is 11.2. The molecule has 0 saturated carbocycles. The standard InChI is InChI=1S/C11H21NO2/c1-9(2)7-10-3-5-12(6-4-10)11(14)8-13/h9-10,13H,3-8H2,1-2H3. The molecule has 0 aliphatic carbocycles. The second-order valence-corrected chi connectivity index (χ2v) is 4.61. The molecule has 1 heterocycles. The molecule has 1 saturated heterocycles. The maximum absolute atomic E-state index is 11.2. The molecule has 0 unspecified atom stereocenters. The van der Waals surface area contributed by atoms with Gasteiger partial charge in [-0.3, -0.25) is 4.79 Å². The van der Waals surface area contributed by atoms with Crippen molar-refractivity contribution in [2.24, 2.45) is 11.8 Å². The molecule has 0 aromatic carbocycles. The van der Waals surface area contributed by atoms with E-state index in [4.69, 9.17) is 5.11 Å². The summed E-state index contributed by atoms with van der Waals surface area (Å²) in [7, 11) is 0. The van der Waals surface area contributed by atoms with Gasteiger partial charge < -0.3 is 10.0 Å². The first-order valence-corrected chi connectivity index (χ1v) is 5.52. The highest BCUT2D eigenvalue weighted by Gasteiger charge is 2.22. The first-order valence-electron chi connectivity index (χ1n) is 5.52. The van der Waals surface area contributed by atoms with Gasteiger partial charge in [0.2, 0.25) is 5.91 Å². The molecule has 0 radical (unpaired) electrons. The van der Waals surface area contributed by atoms with Crippen LogP contribution in [0.5, 0.6) is 0 Å². The number of amides is 1. The van der Waals surface area contributed by atoms with Gasteiger partial charge in [0, 0.05) is 13.1 Å². The molecule has 1 N–H and O–H groups in total. The number of hydrogen-bond donors (Lipinski definition) is 1. The fourth-order valence-corrected chi connectivity index (χ4v) is 2.18. The van der Waals surface area contributed by atoms with Crippen LogP contribution in [-0.2, 0) is 4.79 Å². The summed E-state index contributed by atoms with van der Waals surface area (Å²) in [5.41, 5.74) is 0. The van der Waals surface area contributed by atoms with Crippen molar-refractivity contribution in [1.82, 2.24) is 4.90 Å². The molecule has 1 amide bonds. The van der Waals surface area contributed by atoms with Crippen molar-refractivity contribution < 1.29 is 9.90 Å². The van der Waals surface area contributed by atoms with Crippen molar-refractivity contribution in [2.45, 2.75) is 33.1 Å². The largest absolute Gasteiger partial charge is 0.387 e. The predicted octanol–water partition coefficient (Wildman–Crippen LogP) is 1.26. The third-order valence-corrected chi connectivity index (χ3v) is 2.91. The van der Waals surface area contributed by atoms with Crippen molar-refractivity contribution >= 4 is 5.91 Å². The Morgan fingerprint density at radius 3 is 2.43 bits per heavy atom. The Hall–Kier alpha value is -0.570. The van der Waals surface area contributed by atoms with Crippen molar-refractivity contribution in [3.05, 3.63) is 0 Å². The average Bonchev–Trinajstić information content (AvgIpc) is 2.17. The van der Waals surface area contributed by atoms with E-state index in [1.165, 1.54) is 6.42 Å². The number of rotatable bonds is 3. The number of carbonyl (C=O) groups is 1. The van der Waals surface area contributed by atoms with Crippen LogP contribution in [0.1, 0.15) is 33.1 Å². The Morgan fingerprint density at radius 1 is 1.43 bits per heavy atom. The number of aliphatic hydroxyl groups is 1. The minimum absolute atomic E-state index is 0.118. The van der Waals surface area contributed by atoms with Crippen LogP contribution >= 0.6 is 0 Å². The van der Waals surface area contributed by atoms with E-state index in [2.05, 4.69) is 13.8 Å². The summed E-state index contributed by atoms with van der Waals surface area (Å²) >= 11 is 0. The van der Waals surface area contributed by atoms with Crippen LogP contribution < -0.4 is 0 Å². The van der Waals surface area contributed by atoms with Gasteiger partial charge in [-0.15, -0.1) is 0 Å². The lowest BCUT2D eigenvalue weighted by atomic mass is 9.88. The summed E-state index contributed by atoms with van der Waals surface area (Å²) in [4.78, 5) is 12.9. The van der Waals surface area contributed by atoms with Crippen LogP contribution in [-0.4, -0.2) is 35.6 Å². The Morgan fingerprint density at radius 2 is 2.00 bits per heavy atom. The highest BCUT2D eigenvalue weighted by Crippen LogP contribution is 2.23. The van der Waals surface area contributed by atoms with Crippen LogP contribution in [0, 0.1) is 11.8 Å². The smallest absolute Gasteiger partial charge is 0.248 e. The van der Waals surface area contributed by atoms with Gasteiger partial charge in [0.1, 0.15) is 6.61 Å². The van der Waals surface area contributed by atoms with Crippen LogP contribution in [0.2, 0.25) is 0 Å². The molecule has 3 heteroatoms. The molecule has 1 aliphatic rings. The number of nitrogens with zero attached hydrogens (tertiary/aromatic N) is 1. The number of hydrogen-bond acceptors (Lipinski definition) is 2. The molecule has 1 rings (SSSR count). The predicted molar refractivity (Wildman–Crippen MR) is 55.8 cm³/mol. The highest BCUT2D eigenvalue weighted by molar-refractivity contribution is 5.77. The Labute approximate surface area is 86.1 Å². The third kappa shape index (κ3) is 3.29. The average molecular weight is 199 g/mol. The zero-order chi connectivity index (χ0) is 10.6. The van der Waals surface area contributed by atoms with Crippen molar-refractivity contribution in [2.75, 3.05) is 19.7 Å². The fourth-order valence-electron chi connectivity index (χ4n) is 2.18. The topological polar surface area (TPSA) is 40.5 Å². The molecule has 0 bridgehead atoms. The van der Waals surface area contributed by atoms with Gasteiger partial charge in [0.15, 0.2) is 0 Å². The van der Waals surface area contributed by atoms with E-state index in [1.54, 1.807) is 4.90 Å². The van der Waals surface area contributed by atoms with Gasteiger partial charge in [-0.2, -0.15) is 0 Å². The Balaban J connectivity index is 2.27. The van der Waals surface area contributed by atoms with Crippen LogP contribution in [0.4, 0.5) is 0 Å². The van der Waals surface area contributed by atoms with Crippen molar-refractivity contribution in [3.8, 4) is 0 Å². The monoisotopic (exact) mass is 199 g/mol. The van der Waals surface area contributed by atoms with E-state index < -0.39 is 0 Å². The summed E-state index contributed by atoms with van der Waals surface area (Å²) in [6, 6.07) is 0. The highest BCUT2D eigenvalue weighted by atomic mass is 16.3. The van der Waals surface area contributed by atoms with E-state index in [9.17, 15) is 4.79 Å². The summed E-state index contributed by atoms with van der Waals surface area (Å²) in [5.74, 6) is 1.41. The van der Waals surface area contributed by atoms with Gasteiger partial charge in [-0.25, -0.2) is 0 Å². The zero-order valence-electron chi connectivity index (χ0n) is 9.20. The van der Waals surface area contributed by atoms with E-state index in [0.29, 0.717) is 0 Å². The van der Waals surface area contributed by atoms with E-state index in [-0.39, 0.29) is 12.5 Å². The second kappa shape index (κ2) is 5.35. The summed E-state index contributed by atoms with van der Waals surface area (Å²) in [6.07, 6.45) is 3.47. The molecule has 0 spiro atoms. The number of piperidine rings is 1. The molecule has 0 atom stereocenters.